The average molecular weight is 304 g/mol. The number of carbonyl (C=O) groups is 1. The summed E-state index contributed by atoms with van der Waals surface area (Å²) in [4.78, 5) is 12.4. The van der Waals surface area contributed by atoms with Crippen molar-refractivity contribution in [2.45, 2.75) is 64.6 Å². The second-order valence-electron chi connectivity index (χ2n) is 7.43. The lowest BCUT2D eigenvalue weighted by atomic mass is 9.83. The van der Waals surface area contributed by atoms with Crippen molar-refractivity contribution in [3.8, 4) is 11.5 Å². The first-order chi connectivity index (χ1) is 10.1. The van der Waals surface area contributed by atoms with E-state index in [9.17, 15) is 4.79 Å². The molecule has 2 aliphatic rings. The number of carbonyl (C=O) groups excluding carboxylic acids is 1. The first-order valence-electron chi connectivity index (χ1n) is 7.77. The van der Waals surface area contributed by atoms with Crippen LogP contribution in [-0.4, -0.2) is 24.3 Å². The fraction of sp³-hybridized carbons (Fsp3) is 0.611. The summed E-state index contributed by atoms with van der Waals surface area (Å²) in [6.07, 6.45) is 0. The first kappa shape index (κ1) is 15.2. The monoisotopic (exact) mass is 304 g/mol. The van der Waals surface area contributed by atoms with Gasteiger partial charge in [-0.2, -0.15) is 0 Å². The lowest BCUT2D eigenvalue weighted by Crippen LogP contribution is -2.29. The molecule has 2 heterocycles. The van der Waals surface area contributed by atoms with Crippen LogP contribution in [0.2, 0.25) is 0 Å². The van der Waals surface area contributed by atoms with Gasteiger partial charge in [-0.15, -0.1) is 0 Å². The highest BCUT2D eigenvalue weighted by Crippen LogP contribution is 2.55. The van der Waals surface area contributed by atoms with Gasteiger partial charge < -0.3 is 14.2 Å². The average Bonchev–Trinajstić information content (AvgIpc) is 2.79. The third-order valence-electron chi connectivity index (χ3n) is 5.42. The number of fused-ring (bicyclic) bond motifs is 2. The molecule has 0 aromatic heterocycles. The normalized spacial score (nSPS) is 26.7. The molecule has 0 saturated heterocycles. The maximum Gasteiger partial charge on any atom is 0.342 e. The summed E-state index contributed by atoms with van der Waals surface area (Å²) < 4.78 is 17.3. The number of benzene rings is 1. The Bertz CT molecular complexity index is 656. The molecule has 22 heavy (non-hydrogen) atoms. The van der Waals surface area contributed by atoms with E-state index in [4.69, 9.17) is 14.2 Å². The highest BCUT2D eigenvalue weighted by Gasteiger charge is 2.47. The van der Waals surface area contributed by atoms with Crippen molar-refractivity contribution in [3.63, 3.8) is 0 Å². The van der Waals surface area contributed by atoms with Gasteiger partial charge in [0.2, 0.25) is 0 Å². The molecular formula is C18H24O4. The summed E-state index contributed by atoms with van der Waals surface area (Å²) in [5.74, 6) is 1.36. The molecule has 3 rings (SSSR count). The lowest BCUT2D eigenvalue weighted by molar-refractivity contribution is 0.0584. The molecule has 0 N–H and O–H groups in total. The zero-order valence-electron chi connectivity index (χ0n) is 14.4. The molecular weight excluding hydrogens is 280 g/mol. The van der Waals surface area contributed by atoms with Gasteiger partial charge in [-0.1, -0.05) is 13.8 Å². The highest BCUT2D eigenvalue weighted by atomic mass is 16.5. The molecule has 0 aliphatic carbocycles. The Hall–Kier alpha value is -1.71. The van der Waals surface area contributed by atoms with Crippen LogP contribution in [0.15, 0.2) is 6.07 Å². The predicted molar refractivity (Wildman–Crippen MR) is 84.0 cm³/mol. The van der Waals surface area contributed by atoms with Crippen molar-refractivity contribution < 1.29 is 19.0 Å². The van der Waals surface area contributed by atoms with Gasteiger partial charge >= 0.3 is 5.97 Å². The number of methoxy groups -OCH3 is 1. The Balaban J connectivity index is 2.29. The van der Waals surface area contributed by atoms with Gasteiger partial charge in [-0.25, -0.2) is 4.79 Å². The molecule has 0 bridgehead atoms. The van der Waals surface area contributed by atoms with Gasteiger partial charge in [0, 0.05) is 23.0 Å². The van der Waals surface area contributed by atoms with Crippen LogP contribution in [0, 0.1) is 0 Å². The van der Waals surface area contributed by atoms with Crippen LogP contribution in [0.1, 0.15) is 74.9 Å². The largest absolute Gasteiger partial charge is 0.487 e. The minimum Gasteiger partial charge on any atom is -0.487 e. The van der Waals surface area contributed by atoms with Crippen molar-refractivity contribution in [1.82, 2.24) is 0 Å². The standard InChI is InChI=1S/C18H24O4/c1-9-11-8-12-13(10(2)18(5,6)21-12)14(16(19)20-7)15(11)22-17(9,3)4/h8-10H,1-7H3/t9?,10-/m1/s1. The van der Waals surface area contributed by atoms with Gasteiger partial charge in [0.15, 0.2) is 0 Å². The van der Waals surface area contributed by atoms with Gasteiger partial charge in [0.25, 0.3) is 0 Å². The molecule has 120 valence electrons. The van der Waals surface area contributed by atoms with E-state index in [-0.39, 0.29) is 29.0 Å². The van der Waals surface area contributed by atoms with Crippen LogP contribution >= 0.6 is 0 Å². The fourth-order valence-electron chi connectivity index (χ4n) is 3.37. The van der Waals surface area contributed by atoms with E-state index in [0.29, 0.717) is 11.3 Å². The minimum atomic E-state index is -0.355. The van der Waals surface area contributed by atoms with E-state index < -0.39 is 0 Å². The molecule has 0 fully saturated rings. The van der Waals surface area contributed by atoms with Crippen LogP contribution in [0.5, 0.6) is 11.5 Å². The summed E-state index contributed by atoms with van der Waals surface area (Å²) in [5.41, 5.74) is 1.76. The Morgan fingerprint density at radius 3 is 2.27 bits per heavy atom. The van der Waals surface area contributed by atoms with Gasteiger partial charge in [0.05, 0.1) is 7.11 Å². The zero-order valence-corrected chi connectivity index (χ0v) is 14.4. The second-order valence-corrected chi connectivity index (χ2v) is 7.43. The van der Waals surface area contributed by atoms with Crippen molar-refractivity contribution in [3.05, 3.63) is 22.8 Å². The van der Waals surface area contributed by atoms with Crippen LogP contribution < -0.4 is 9.47 Å². The lowest BCUT2D eigenvalue weighted by Gasteiger charge is -2.24. The van der Waals surface area contributed by atoms with Gasteiger partial charge in [-0.3, -0.25) is 0 Å². The Morgan fingerprint density at radius 2 is 1.68 bits per heavy atom. The summed E-state index contributed by atoms with van der Waals surface area (Å²) in [5, 5.41) is 0. The Kier molecular flexibility index (Phi) is 3.04. The number of ether oxygens (including phenoxy) is 3. The van der Waals surface area contributed by atoms with E-state index in [1.165, 1.54) is 7.11 Å². The summed E-state index contributed by atoms with van der Waals surface area (Å²) >= 11 is 0. The number of hydrogen-bond acceptors (Lipinski definition) is 4. The molecule has 1 unspecified atom stereocenters. The fourth-order valence-corrected chi connectivity index (χ4v) is 3.37. The summed E-state index contributed by atoms with van der Waals surface area (Å²) in [6, 6.07) is 2.04. The predicted octanol–water partition coefficient (Wildman–Crippen LogP) is 4.02. The SMILES string of the molecule is COC(=O)c1c2c(cc3c1[C@@H](C)C(C)(C)O3)C(C)C(C)(C)O2. The maximum atomic E-state index is 12.4. The number of rotatable bonds is 1. The van der Waals surface area contributed by atoms with E-state index in [0.717, 1.165) is 16.9 Å². The van der Waals surface area contributed by atoms with Crippen LogP contribution in [0.25, 0.3) is 0 Å². The van der Waals surface area contributed by atoms with E-state index >= 15 is 0 Å². The molecule has 2 atom stereocenters. The van der Waals surface area contributed by atoms with Gasteiger partial charge in [-0.05, 0) is 33.8 Å². The highest BCUT2D eigenvalue weighted by molar-refractivity contribution is 5.96. The molecule has 1 aromatic rings. The van der Waals surface area contributed by atoms with E-state index in [2.05, 4.69) is 13.8 Å². The Morgan fingerprint density at radius 1 is 1.09 bits per heavy atom. The van der Waals surface area contributed by atoms with Gasteiger partial charge in [0.1, 0.15) is 28.3 Å². The van der Waals surface area contributed by atoms with Crippen molar-refractivity contribution in [2.24, 2.45) is 0 Å². The molecule has 4 nitrogen and oxygen atoms in total. The smallest absolute Gasteiger partial charge is 0.342 e. The molecule has 0 amide bonds. The van der Waals surface area contributed by atoms with Crippen molar-refractivity contribution >= 4 is 5.97 Å². The molecule has 2 aliphatic heterocycles. The molecule has 0 radical (unpaired) electrons. The Labute approximate surface area is 131 Å². The molecule has 1 aromatic carbocycles. The van der Waals surface area contributed by atoms with Crippen LogP contribution in [0.3, 0.4) is 0 Å². The number of hydrogen-bond donors (Lipinski definition) is 0. The van der Waals surface area contributed by atoms with Crippen LogP contribution in [0.4, 0.5) is 0 Å². The third kappa shape index (κ3) is 1.86. The van der Waals surface area contributed by atoms with Crippen LogP contribution in [-0.2, 0) is 4.74 Å². The topological polar surface area (TPSA) is 44.8 Å². The zero-order chi connectivity index (χ0) is 16.4. The maximum absolute atomic E-state index is 12.4. The quantitative estimate of drug-likeness (QED) is 0.735. The first-order valence-corrected chi connectivity index (χ1v) is 7.77. The number of esters is 1. The van der Waals surface area contributed by atoms with Crippen molar-refractivity contribution in [1.29, 1.82) is 0 Å². The summed E-state index contributed by atoms with van der Waals surface area (Å²) in [6.45, 7) is 12.4. The summed E-state index contributed by atoms with van der Waals surface area (Å²) in [7, 11) is 1.41. The second kappa shape index (κ2) is 4.40. The third-order valence-corrected chi connectivity index (χ3v) is 5.42. The molecule has 0 spiro atoms. The molecule has 0 saturated carbocycles. The van der Waals surface area contributed by atoms with Crippen molar-refractivity contribution in [2.75, 3.05) is 7.11 Å². The molecule has 4 heteroatoms. The minimum absolute atomic E-state index is 0.0875. The van der Waals surface area contributed by atoms with E-state index in [1.807, 2.05) is 33.8 Å². The van der Waals surface area contributed by atoms with E-state index in [1.54, 1.807) is 0 Å².